The van der Waals surface area contributed by atoms with Crippen LogP contribution in [0.4, 0.5) is 0 Å². The van der Waals surface area contributed by atoms with Crippen LogP contribution in [0.25, 0.3) is 0 Å². The molecule has 1 aromatic carbocycles. The van der Waals surface area contributed by atoms with Crippen molar-refractivity contribution in [1.82, 2.24) is 4.98 Å². The zero-order chi connectivity index (χ0) is 15.2. The molecule has 0 atom stereocenters. The fraction of sp³-hybridized carbons (Fsp3) is 0.200. The first kappa shape index (κ1) is 15.3. The summed E-state index contributed by atoms with van der Waals surface area (Å²) < 4.78 is 16.9. The Morgan fingerprint density at radius 2 is 2.05 bits per heavy atom. The van der Waals surface area contributed by atoms with E-state index in [9.17, 15) is 4.79 Å². The van der Waals surface area contributed by atoms with Crippen molar-refractivity contribution in [1.29, 1.82) is 0 Å². The number of rotatable bonds is 6. The van der Waals surface area contributed by atoms with Crippen LogP contribution in [0, 0.1) is 0 Å². The van der Waals surface area contributed by atoms with Crippen molar-refractivity contribution in [3.8, 4) is 17.2 Å². The molecule has 0 fully saturated rings. The quantitative estimate of drug-likeness (QED) is 0.747. The number of aromatic nitrogens is 1. The lowest BCUT2D eigenvalue weighted by atomic mass is 10.2. The summed E-state index contributed by atoms with van der Waals surface area (Å²) in [4.78, 5) is 15.1. The number of ether oxygens (including phenoxy) is 3. The van der Waals surface area contributed by atoms with Crippen LogP contribution < -0.4 is 14.2 Å². The highest BCUT2D eigenvalue weighted by atomic mass is 79.9. The maximum Gasteiger partial charge on any atom is 0.185 e. The Hall–Kier alpha value is -2.08. The number of carbonyl (C=O) groups excluding carboxylic acids is 1. The highest BCUT2D eigenvalue weighted by Gasteiger charge is 2.12. The molecule has 0 saturated heterocycles. The van der Waals surface area contributed by atoms with Crippen LogP contribution in [0.15, 0.2) is 34.9 Å². The molecule has 1 heterocycles. The van der Waals surface area contributed by atoms with Crippen molar-refractivity contribution < 1.29 is 19.0 Å². The number of hydrogen-bond donors (Lipinski definition) is 0. The van der Waals surface area contributed by atoms with Crippen molar-refractivity contribution in [2.24, 2.45) is 0 Å². The van der Waals surface area contributed by atoms with Gasteiger partial charge in [0, 0.05) is 22.3 Å². The smallest absolute Gasteiger partial charge is 0.185 e. The van der Waals surface area contributed by atoms with Crippen LogP contribution >= 0.6 is 15.9 Å². The third kappa shape index (κ3) is 3.52. The predicted octanol–water partition coefficient (Wildman–Crippen LogP) is 3.25. The molecule has 2 rings (SSSR count). The molecule has 0 unspecified atom stereocenters. The number of aldehydes is 1. The lowest BCUT2D eigenvalue weighted by Crippen LogP contribution is -2.03. The van der Waals surface area contributed by atoms with Gasteiger partial charge in [-0.1, -0.05) is 15.9 Å². The number of hydrogen-bond acceptors (Lipinski definition) is 5. The van der Waals surface area contributed by atoms with Gasteiger partial charge in [0.05, 0.1) is 14.2 Å². The van der Waals surface area contributed by atoms with E-state index >= 15 is 0 Å². The van der Waals surface area contributed by atoms with Crippen LogP contribution in [-0.4, -0.2) is 25.5 Å². The van der Waals surface area contributed by atoms with Crippen LogP contribution in [0.3, 0.4) is 0 Å². The minimum absolute atomic E-state index is 0.209. The first-order chi connectivity index (χ1) is 10.2. The minimum atomic E-state index is 0.209. The second-order valence-electron chi connectivity index (χ2n) is 4.08. The summed E-state index contributed by atoms with van der Waals surface area (Å²) in [5, 5.41) is 0. The lowest BCUT2D eigenvalue weighted by Gasteiger charge is -2.12. The maximum absolute atomic E-state index is 10.9. The van der Waals surface area contributed by atoms with E-state index < -0.39 is 0 Å². The standard InChI is InChI=1S/C15H14BrNO4/c1-19-14-5-6-17-13(15(14)20-2)9-21-11-3-4-12(16)10(7-11)8-18/h3-8H,9H2,1-2H3. The van der Waals surface area contributed by atoms with E-state index in [2.05, 4.69) is 20.9 Å². The van der Waals surface area contributed by atoms with E-state index in [1.165, 1.54) is 0 Å². The number of halogens is 1. The van der Waals surface area contributed by atoms with E-state index in [4.69, 9.17) is 14.2 Å². The van der Waals surface area contributed by atoms with E-state index in [1.54, 1.807) is 44.7 Å². The molecule has 5 nitrogen and oxygen atoms in total. The molecule has 0 N–H and O–H groups in total. The molecule has 0 saturated carbocycles. The lowest BCUT2D eigenvalue weighted by molar-refractivity contribution is 0.112. The summed E-state index contributed by atoms with van der Waals surface area (Å²) in [7, 11) is 3.11. The van der Waals surface area contributed by atoms with Crippen molar-refractivity contribution >= 4 is 22.2 Å². The summed E-state index contributed by atoms with van der Waals surface area (Å²) >= 11 is 3.29. The number of carbonyl (C=O) groups is 1. The van der Waals surface area contributed by atoms with Crippen LogP contribution in [0.1, 0.15) is 16.1 Å². The van der Waals surface area contributed by atoms with Gasteiger partial charge in [-0.2, -0.15) is 0 Å². The molecule has 6 heteroatoms. The minimum Gasteiger partial charge on any atom is -0.493 e. The highest BCUT2D eigenvalue weighted by molar-refractivity contribution is 9.10. The van der Waals surface area contributed by atoms with E-state index in [0.29, 0.717) is 28.5 Å². The molecule has 0 aliphatic rings. The molecule has 110 valence electrons. The van der Waals surface area contributed by atoms with E-state index in [0.717, 1.165) is 10.8 Å². The Morgan fingerprint density at radius 1 is 1.24 bits per heavy atom. The van der Waals surface area contributed by atoms with Crippen molar-refractivity contribution in [2.75, 3.05) is 14.2 Å². The Bertz CT molecular complexity index is 646. The van der Waals surface area contributed by atoms with Crippen molar-refractivity contribution in [2.45, 2.75) is 6.61 Å². The first-order valence-corrected chi connectivity index (χ1v) is 6.92. The molecular formula is C15H14BrNO4. The van der Waals surface area contributed by atoms with Gasteiger partial charge >= 0.3 is 0 Å². The Labute approximate surface area is 131 Å². The summed E-state index contributed by atoms with van der Waals surface area (Å²) in [6.07, 6.45) is 2.39. The van der Waals surface area contributed by atoms with Gasteiger partial charge in [0.1, 0.15) is 18.1 Å². The van der Waals surface area contributed by atoms with Gasteiger partial charge in [-0.25, -0.2) is 0 Å². The zero-order valence-electron chi connectivity index (χ0n) is 11.6. The zero-order valence-corrected chi connectivity index (χ0v) is 13.2. The Balaban J connectivity index is 2.18. The van der Waals surface area contributed by atoms with Crippen molar-refractivity contribution in [3.05, 3.63) is 46.2 Å². The van der Waals surface area contributed by atoms with Gasteiger partial charge in [-0.05, 0) is 18.2 Å². The molecule has 0 radical (unpaired) electrons. The predicted molar refractivity (Wildman–Crippen MR) is 81.2 cm³/mol. The van der Waals surface area contributed by atoms with Crippen LogP contribution in [0.5, 0.6) is 17.2 Å². The fourth-order valence-corrected chi connectivity index (χ4v) is 2.15. The molecule has 2 aromatic rings. The summed E-state index contributed by atoms with van der Waals surface area (Å²) in [6, 6.07) is 6.90. The number of benzene rings is 1. The van der Waals surface area contributed by atoms with Gasteiger partial charge in [0.15, 0.2) is 17.8 Å². The van der Waals surface area contributed by atoms with Gasteiger partial charge < -0.3 is 14.2 Å². The van der Waals surface area contributed by atoms with Gasteiger partial charge in [0.2, 0.25) is 0 Å². The summed E-state index contributed by atoms with van der Waals surface area (Å²) in [5.74, 6) is 1.70. The van der Waals surface area contributed by atoms with Crippen LogP contribution in [0.2, 0.25) is 0 Å². The largest absolute Gasteiger partial charge is 0.493 e. The second-order valence-corrected chi connectivity index (χ2v) is 4.94. The number of methoxy groups -OCH3 is 2. The molecule has 1 aromatic heterocycles. The summed E-state index contributed by atoms with van der Waals surface area (Å²) in [6.45, 7) is 0.209. The Morgan fingerprint density at radius 3 is 2.71 bits per heavy atom. The van der Waals surface area contributed by atoms with Crippen LogP contribution in [-0.2, 0) is 6.61 Å². The topological polar surface area (TPSA) is 57.7 Å². The molecule has 0 spiro atoms. The molecule has 21 heavy (non-hydrogen) atoms. The number of nitrogens with zero attached hydrogens (tertiary/aromatic N) is 1. The van der Waals surface area contributed by atoms with E-state index in [1.807, 2.05) is 0 Å². The van der Waals surface area contributed by atoms with Gasteiger partial charge in [-0.15, -0.1) is 0 Å². The molecule has 0 amide bonds. The van der Waals surface area contributed by atoms with Crippen molar-refractivity contribution in [3.63, 3.8) is 0 Å². The molecule has 0 bridgehead atoms. The second kappa shape index (κ2) is 7.08. The van der Waals surface area contributed by atoms with Gasteiger partial charge in [-0.3, -0.25) is 9.78 Å². The molecule has 0 aliphatic carbocycles. The SMILES string of the molecule is COc1ccnc(COc2ccc(Br)c(C=O)c2)c1OC. The normalized spacial score (nSPS) is 10.0. The van der Waals surface area contributed by atoms with E-state index in [-0.39, 0.29) is 6.61 Å². The average molecular weight is 352 g/mol. The highest BCUT2D eigenvalue weighted by Crippen LogP contribution is 2.30. The average Bonchev–Trinajstić information content (AvgIpc) is 2.53. The molecular weight excluding hydrogens is 338 g/mol. The first-order valence-electron chi connectivity index (χ1n) is 6.13. The Kier molecular flexibility index (Phi) is 5.16. The monoisotopic (exact) mass is 351 g/mol. The third-order valence-corrected chi connectivity index (χ3v) is 3.56. The maximum atomic E-state index is 10.9. The number of pyridine rings is 1. The fourth-order valence-electron chi connectivity index (χ4n) is 1.81. The molecule has 0 aliphatic heterocycles. The summed E-state index contributed by atoms with van der Waals surface area (Å²) in [5.41, 5.74) is 1.14. The third-order valence-electron chi connectivity index (χ3n) is 2.84. The van der Waals surface area contributed by atoms with Gasteiger partial charge in [0.25, 0.3) is 0 Å².